The molecule has 0 spiro atoms. The van der Waals surface area contributed by atoms with Gasteiger partial charge in [0.05, 0.1) is 11.1 Å². The Morgan fingerprint density at radius 3 is 1.92 bits per heavy atom. The number of amides is 1. The Morgan fingerprint density at radius 1 is 0.925 bits per heavy atom. The molecule has 1 amide bonds. The number of carbonyl (C=O) groups excluding carboxylic acids is 1. The van der Waals surface area contributed by atoms with Gasteiger partial charge in [0.25, 0.3) is 5.56 Å². The van der Waals surface area contributed by atoms with Gasteiger partial charge in [-0.1, -0.05) is 13.8 Å². The number of halogens is 8. The van der Waals surface area contributed by atoms with Crippen LogP contribution in [-0.4, -0.2) is 52.3 Å². The van der Waals surface area contributed by atoms with Crippen LogP contribution in [0.4, 0.5) is 35.1 Å². The zero-order valence-electron chi connectivity index (χ0n) is 30.1. The lowest BCUT2D eigenvalue weighted by Crippen LogP contribution is -2.39. The molecule has 4 rings (SSSR count). The van der Waals surface area contributed by atoms with Crippen LogP contribution in [0.25, 0.3) is 17.2 Å². The number of aliphatic carboxylic acids is 1. The van der Waals surface area contributed by atoms with E-state index in [1.807, 2.05) is 13.8 Å². The zero-order valence-corrected chi connectivity index (χ0v) is 30.9. The second-order valence-electron chi connectivity index (χ2n) is 12.9. The average molecular weight is 778 g/mol. The second-order valence-corrected chi connectivity index (χ2v) is 12.9. The van der Waals surface area contributed by atoms with E-state index in [1.54, 1.807) is 6.26 Å². The largest absolute Gasteiger partial charge is 0.478 e. The Morgan fingerprint density at radius 2 is 1.49 bits per heavy atom. The van der Waals surface area contributed by atoms with Gasteiger partial charge in [-0.3, -0.25) is 9.59 Å². The van der Waals surface area contributed by atoms with E-state index >= 15 is 0 Å². The number of thiol groups is 1. The number of hydrogen-bond acceptors (Lipinski definition) is 5. The molecule has 2 heterocycles. The Balaban J connectivity index is 0.000000351. The van der Waals surface area contributed by atoms with Crippen LogP contribution < -0.4 is 11.3 Å². The molecule has 1 atom stereocenters. The van der Waals surface area contributed by atoms with Gasteiger partial charge in [-0.25, -0.2) is 13.6 Å². The van der Waals surface area contributed by atoms with Crippen molar-refractivity contribution < 1.29 is 49.8 Å². The van der Waals surface area contributed by atoms with Crippen molar-refractivity contribution in [3.05, 3.63) is 97.5 Å². The third-order valence-electron chi connectivity index (χ3n) is 8.41. The quantitative estimate of drug-likeness (QED) is 0.109. The van der Waals surface area contributed by atoms with E-state index in [0.29, 0.717) is 25.1 Å². The van der Waals surface area contributed by atoms with Crippen LogP contribution >= 0.6 is 12.6 Å². The summed E-state index contributed by atoms with van der Waals surface area (Å²) >= 11 is 3.53. The van der Waals surface area contributed by atoms with Gasteiger partial charge in [0.15, 0.2) is 0 Å². The fourth-order valence-corrected chi connectivity index (χ4v) is 5.83. The predicted molar refractivity (Wildman–Crippen MR) is 191 cm³/mol. The Kier molecular flexibility index (Phi) is 15.9. The first kappa shape index (κ1) is 45.0. The molecule has 3 aromatic rings. The molecule has 7 nitrogen and oxygen atoms in total. The number of benzene rings is 2. The van der Waals surface area contributed by atoms with Crippen molar-refractivity contribution in [2.45, 2.75) is 72.3 Å². The summed E-state index contributed by atoms with van der Waals surface area (Å²) in [6.45, 7) is 10.1. The molecule has 16 heteroatoms. The molecular weight excluding hydrogens is 734 g/mol. The van der Waals surface area contributed by atoms with Gasteiger partial charge in [0, 0.05) is 36.0 Å². The molecular formula is C37H43F8N3O4S. The first-order chi connectivity index (χ1) is 24.5. The highest BCUT2D eigenvalue weighted by molar-refractivity contribution is 7.79. The first-order valence-corrected chi connectivity index (χ1v) is 17.3. The van der Waals surface area contributed by atoms with E-state index in [2.05, 4.69) is 17.5 Å². The molecule has 1 unspecified atom stereocenters. The molecule has 1 saturated heterocycles. The predicted octanol–water partition coefficient (Wildman–Crippen LogP) is 8.41. The molecule has 1 aromatic heterocycles. The zero-order chi connectivity index (χ0) is 40.6. The molecule has 0 saturated carbocycles. The van der Waals surface area contributed by atoms with Crippen LogP contribution in [0.3, 0.4) is 0 Å². The normalized spacial score (nSPS) is 13.9. The number of primary amides is 1. The number of aryl methyl sites for hydroxylation is 3. The first-order valence-electron chi connectivity index (χ1n) is 16.4. The minimum absolute atomic E-state index is 0.0222. The number of carboxylic acid groups (broad SMARTS) is 1. The summed E-state index contributed by atoms with van der Waals surface area (Å²) in [5, 5.41) is 8.67. The van der Waals surface area contributed by atoms with Crippen molar-refractivity contribution in [3.8, 4) is 11.1 Å². The molecule has 0 radical (unpaired) electrons. The standard InChI is InChI=1S/C19H15F5O2.C17H24F3N3O2.CH4S/c1-9-6-12(19(22,23)24)7-10(2)16(9)14-8-11(3)17(20)13(18(14)21)4-5-15(25)26;1-11(2)8-14(16(21)25)23-10-12(4-7-22-5-3-6-22)13(9-15(23)24)17(18,19)20;1-2/h4-8H,1-3H3,(H,25,26);9-11,14H,3-8H2,1-2H3,(H2,21,25);2H,1H3/b5-4-;;. The number of likely N-dealkylation sites (tertiary alicyclic amines) is 1. The fraction of sp³-hybridized carbons (Fsp3) is 0.432. The summed E-state index contributed by atoms with van der Waals surface area (Å²) in [6, 6.07) is 2.63. The number of aromatic nitrogens is 1. The maximum Gasteiger partial charge on any atom is 0.416 e. The lowest BCUT2D eigenvalue weighted by atomic mass is 9.90. The van der Waals surface area contributed by atoms with Crippen molar-refractivity contribution in [1.29, 1.82) is 0 Å². The monoisotopic (exact) mass is 777 g/mol. The number of nitrogens with zero attached hydrogens (tertiary/aromatic N) is 2. The van der Waals surface area contributed by atoms with Crippen LogP contribution in [0.15, 0.2) is 41.3 Å². The van der Waals surface area contributed by atoms with Crippen LogP contribution in [0, 0.1) is 38.3 Å². The van der Waals surface area contributed by atoms with Crippen LogP contribution in [-0.2, 0) is 28.4 Å². The second kappa shape index (κ2) is 18.7. The van der Waals surface area contributed by atoms with E-state index in [-0.39, 0.29) is 45.7 Å². The third kappa shape index (κ3) is 11.9. The highest BCUT2D eigenvalue weighted by Crippen LogP contribution is 2.38. The summed E-state index contributed by atoms with van der Waals surface area (Å²) in [5.74, 6) is -3.99. The summed E-state index contributed by atoms with van der Waals surface area (Å²) < 4.78 is 109. The molecule has 53 heavy (non-hydrogen) atoms. The highest BCUT2D eigenvalue weighted by atomic mass is 32.1. The summed E-state index contributed by atoms with van der Waals surface area (Å²) in [4.78, 5) is 36.6. The lowest BCUT2D eigenvalue weighted by molar-refractivity contribution is -0.139. The molecule has 0 aliphatic carbocycles. The molecule has 292 valence electrons. The Labute approximate surface area is 307 Å². The van der Waals surface area contributed by atoms with Gasteiger partial charge in [-0.2, -0.15) is 39.0 Å². The highest BCUT2D eigenvalue weighted by Gasteiger charge is 2.35. The number of nitrogens with two attached hydrogens (primary N) is 1. The van der Waals surface area contributed by atoms with Crippen molar-refractivity contribution in [1.82, 2.24) is 9.47 Å². The minimum Gasteiger partial charge on any atom is -0.478 e. The van der Waals surface area contributed by atoms with Gasteiger partial charge in [-0.05, 0) is 117 Å². The van der Waals surface area contributed by atoms with Crippen molar-refractivity contribution in [3.63, 3.8) is 0 Å². The van der Waals surface area contributed by atoms with Crippen molar-refractivity contribution >= 4 is 30.6 Å². The van der Waals surface area contributed by atoms with E-state index in [0.717, 1.165) is 42.3 Å². The summed E-state index contributed by atoms with van der Waals surface area (Å²) in [7, 11) is 0. The molecule has 3 N–H and O–H groups in total. The minimum atomic E-state index is -4.61. The summed E-state index contributed by atoms with van der Waals surface area (Å²) in [5.41, 5.74) is 2.73. The molecule has 1 aliphatic rings. The van der Waals surface area contributed by atoms with E-state index in [4.69, 9.17) is 10.8 Å². The topological polar surface area (TPSA) is 106 Å². The summed E-state index contributed by atoms with van der Waals surface area (Å²) in [6.07, 6.45) is -3.39. The fourth-order valence-electron chi connectivity index (χ4n) is 5.83. The molecule has 1 fully saturated rings. The van der Waals surface area contributed by atoms with Crippen molar-refractivity contribution in [2.75, 3.05) is 25.9 Å². The van der Waals surface area contributed by atoms with Gasteiger partial charge in [0.2, 0.25) is 5.91 Å². The third-order valence-corrected chi connectivity index (χ3v) is 8.41. The number of pyridine rings is 1. The number of carboxylic acids is 1. The Hall–Kier alpha value is -4.18. The van der Waals surface area contributed by atoms with E-state index in [9.17, 15) is 49.5 Å². The molecule has 2 aromatic carbocycles. The van der Waals surface area contributed by atoms with Crippen LogP contribution in [0.2, 0.25) is 0 Å². The van der Waals surface area contributed by atoms with Gasteiger partial charge in [0.1, 0.15) is 17.7 Å². The van der Waals surface area contributed by atoms with Crippen molar-refractivity contribution in [2.24, 2.45) is 11.7 Å². The number of carbonyl (C=O) groups is 2. The number of hydrogen-bond donors (Lipinski definition) is 3. The van der Waals surface area contributed by atoms with Gasteiger partial charge in [-0.15, -0.1) is 0 Å². The Bertz CT molecular complexity index is 1840. The smallest absolute Gasteiger partial charge is 0.416 e. The van der Waals surface area contributed by atoms with Gasteiger partial charge < -0.3 is 20.3 Å². The lowest BCUT2D eigenvalue weighted by Gasteiger charge is -2.31. The van der Waals surface area contributed by atoms with Crippen LogP contribution in [0.1, 0.15) is 71.7 Å². The maximum absolute atomic E-state index is 14.8. The van der Waals surface area contributed by atoms with E-state index < -0.39 is 64.2 Å². The molecule has 0 bridgehead atoms. The molecule has 1 aliphatic heterocycles. The SMILES string of the molecule is CC(C)CC(C(N)=O)n1cc(CCN2CCC2)c(C(F)(F)F)cc1=O.CS.Cc1cc(-c2c(C)cc(C(F)(F)F)cc2C)c(F)c(/C=C\C(=O)O)c1F. The number of rotatable bonds is 10. The van der Waals surface area contributed by atoms with Gasteiger partial charge >= 0.3 is 18.3 Å². The van der Waals surface area contributed by atoms with Crippen LogP contribution in [0.5, 0.6) is 0 Å². The average Bonchev–Trinajstić information content (AvgIpc) is 3.01. The maximum atomic E-state index is 14.8. The number of alkyl halides is 6. The van der Waals surface area contributed by atoms with E-state index in [1.165, 1.54) is 33.0 Å².